The van der Waals surface area contributed by atoms with Gasteiger partial charge in [-0.2, -0.15) is 0 Å². The van der Waals surface area contributed by atoms with E-state index in [2.05, 4.69) is 0 Å². The SMILES string of the molecule is CC(=O)OC[C@H]1O[C@H](CC(=O)O)[C@@H](CC(=O)O)[C@@H]1CC(=O)O. The number of ether oxygens (including phenoxy) is 2. The number of aliphatic carboxylic acids is 3. The molecule has 0 aromatic carbocycles. The second kappa shape index (κ2) is 7.74. The van der Waals surface area contributed by atoms with Gasteiger partial charge in [0.05, 0.1) is 31.5 Å². The average molecular weight is 318 g/mol. The fourth-order valence-corrected chi connectivity index (χ4v) is 2.68. The Balaban J connectivity index is 2.94. The maximum absolute atomic E-state index is 11.0. The number of carbonyl (C=O) groups is 4. The van der Waals surface area contributed by atoms with Crippen LogP contribution in [0.1, 0.15) is 26.2 Å². The van der Waals surface area contributed by atoms with Gasteiger partial charge in [0.15, 0.2) is 0 Å². The van der Waals surface area contributed by atoms with Gasteiger partial charge in [0.2, 0.25) is 0 Å². The third kappa shape index (κ3) is 5.32. The van der Waals surface area contributed by atoms with Crippen LogP contribution in [-0.2, 0) is 28.7 Å². The fraction of sp³-hybridized carbons (Fsp3) is 0.692. The van der Waals surface area contributed by atoms with Gasteiger partial charge >= 0.3 is 23.9 Å². The number of carbonyl (C=O) groups excluding carboxylic acids is 1. The molecule has 0 saturated carbocycles. The first-order valence-electron chi connectivity index (χ1n) is 6.65. The molecule has 0 amide bonds. The first kappa shape index (κ1) is 17.9. The lowest BCUT2D eigenvalue weighted by molar-refractivity contribution is -0.148. The van der Waals surface area contributed by atoms with Crippen molar-refractivity contribution in [2.24, 2.45) is 11.8 Å². The van der Waals surface area contributed by atoms with E-state index < -0.39 is 60.8 Å². The number of rotatable bonds is 8. The number of hydrogen-bond donors (Lipinski definition) is 3. The molecule has 1 aliphatic heterocycles. The van der Waals surface area contributed by atoms with Crippen molar-refractivity contribution in [2.45, 2.75) is 38.4 Å². The van der Waals surface area contributed by atoms with Crippen molar-refractivity contribution >= 4 is 23.9 Å². The summed E-state index contributed by atoms with van der Waals surface area (Å²) in [7, 11) is 0. The van der Waals surface area contributed by atoms with Crippen LogP contribution in [-0.4, -0.2) is 58.0 Å². The molecule has 22 heavy (non-hydrogen) atoms. The highest BCUT2D eigenvalue weighted by atomic mass is 16.6. The third-order valence-corrected chi connectivity index (χ3v) is 3.50. The molecular weight excluding hydrogens is 300 g/mol. The van der Waals surface area contributed by atoms with Gasteiger partial charge in [0, 0.05) is 18.8 Å². The minimum atomic E-state index is -1.18. The zero-order valence-corrected chi connectivity index (χ0v) is 11.9. The largest absolute Gasteiger partial charge is 0.481 e. The van der Waals surface area contributed by atoms with Crippen LogP contribution < -0.4 is 0 Å². The van der Waals surface area contributed by atoms with Crippen LogP contribution in [0, 0.1) is 11.8 Å². The molecule has 124 valence electrons. The molecule has 0 aromatic rings. The molecule has 1 rings (SSSR count). The van der Waals surface area contributed by atoms with Crippen LogP contribution in [0.15, 0.2) is 0 Å². The summed E-state index contributed by atoms with van der Waals surface area (Å²) in [4.78, 5) is 43.7. The minimum absolute atomic E-state index is 0.237. The highest BCUT2D eigenvalue weighted by molar-refractivity contribution is 5.70. The molecule has 0 aromatic heterocycles. The Hall–Kier alpha value is -2.16. The second-order valence-corrected chi connectivity index (χ2v) is 5.14. The maximum atomic E-state index is 11.0. The number of esters is 1. The molecule has 0 radical (unpaired) electrons. The molecule has 4 atom stereocenters. The molecule has 9 heteroatoms. The van der Waals surface area contributed by atoms with E-state index in [1.165, 1.54) is 6.92 Å². The zero-order valence-electron chi connectivity index (χ0n) is 11.9. The molecule has 0 spiro atoms. The van der Waals surface area contributed by atoms with Crippen LogP contribution in [0.25, 0.3) is 0 Å². The van der Waals surface area contributed by atoms with Gasteiger partial charge in [0.25, 0.3) is 0 Å². The summed E-state index contributed by atoms with van der Waals surface area (Å²) in [5.41, 5.74) is 0. The van der Waals surface area contributed by atoms with Crippen molar-refractivity contribution in [2.75, 3.05) is 6.61 Å². The van der Waals surface area contributed by atoms with Gasteiger partial charge in [-0.1, -0.05) is 0 Å². The van der Waals surface area contributed by atoms with Crippen molar-refractivity contribution in [3.05, 3.63) is 0 Å². The van der Waals surface area contributed by atoms with E-state index in [0.29, 0.717) is 0 Å². The summed E-state index contributed by atoms with van der Waals surface area (Å²) < 4.78 is 10.3. The summed E-state index contributed by atoms with van der Waals surface area (Å²) in [6, 6.07) is 0. The Bertz CT molecular complexity index is 458. The van der Waals surface area contributed by atoms with Gasteiger partial charge in [-0.3, -0.25) is 19.2 Å². The predicted octanol–water partition coefficient (Wildman–Crippen LogP) is -0.0266. The topological polar surface area (TPSA) is 147 Å². The summed E-state index contributed by atoms with van der Waals surface area (Å²) >= 11 is 0. The molecule has 0 aliphatic carbocycles. The molecule has 1 aliphatic rings. The first-order chi connectivity index (χ1) is 10.2. The average Bonchev–Trinajstić information content (AvgIpc) is 2.63. The van der Waals surface area contributed by atoms with Crippen LogP contribution in [0.4, 0.5) is 0 Å². The van der Waals surface area contributed by atoms with Crippen molar-refractivity contribution < 1.29 is 44.0 Å². The van der Waals surface area contributed by atoms with E-state index in [1.54, 1.807) is 0 Å². The van der Waals surface area contributed by atoms with E-state index in [9.17, 15) is 19.2 Å². The Morgan fingerprint density at radius 3 is 1.73 bits per heavy atom. The molecule has 1 saturated heterocycles. The second-order valence-electron chi connectivity index (χ2n) is 5.14. The summed E-state index contributed by atoms with van der Waals surface area (Å²) in [6.45, 7) is 0.935. The fourth-order valence-electron chi connectivity index (χ4n) is 2.68. The van der Waals surface area contributed by atoms with E-state index >= 15 is 0 Å². The van der Waals surface area contributed by atoms with Gasteiger partial charge in [0.1, 0.15) is 6.61 Å². The monoisotopic (exact) mass is 318 g/mol. The Labute approximate surface area is 125 Å². The lowest BCUT2D eigenvalue weighted by Gasteiger charge is -2.20. The van der Waals surface area contributed by atoms with Gasteiger partial charge in [-0.05, 0) is 0 Å². The zero-order chi connectivity index (χ0) is 16.9. The summed E-state index contributed by atoms with van der Waals surface area (Å²) in [5.74, 6) is -5.61. The Morgan fingerprint density at radius 2 is 1.32 bits per heavy atom. The van der Waals surface area contributed by atoms with E-state index in [4.69, 9.17) is 24.8 Å². The molecule has 9 nitrogen and oxygen atoms in total. The van der Waals surface area contributed by atoms with Gasteiger partial charge < -0.3 is 24.8 Å². The first-order valence-corrected chi connectivity index (χ1v) is 6.65. The lowest BCUT2D eigenvalue weighted by atomic mass is 9.81. The van der Waals surface area contributed by atoms with Crippen LogP contribution in [0.3, 0.4) is 0 Å². The minimum Gasteiger partial charge on any atom is -0.481 e. The maximum Gasteiger partial charge on any atom is 0.305 e. The Morgan fingerprint density at radius 1 is 0.864 bits per heavy atom. The molecule has 1 fully saturated rings. The number of carboxylic acids is 3. The smallest absolute Gasteiger partial charge is 0.305 e. The molecule has 1 heterocycles. The van der Waals surface area contributed by atoms with Crippen LogP contribution in [0.5, 0.6) is 0 Å². The standard InChI is InChI=1S/C13H18O9/c1-6(14)21-5-10-8(3-12(17)18)7(2-11(15)16)9(22-10)4-13(19)20/h7-10H,2-5H2,1H3,(H,15,16)(H,17,18)(H,19,20)/t7-,8-,9+,10+/m0/s1. The van der Waals surface area contributed by atoms with Crippen molar-refractivity contribution in [3.63, 3.8) is 0 Å². The highest BCUT2D eigenvalue weighted by Crippen LogP contribution is 2.39. The molecule has 3 N–H and O–H groups in total. The molecular formula is C13H18O9. The lowest BCUT2D eigenvalue weighted by Crippen LogP contribution is -2.30. The Kier molecular flexibility index (Phi) is 6.29. The highest BCUT2D eigenvalue weighted by Gasteiger charge is 2.47. The van der Waals surface area contributed by atoms with E-state index in [1.807, 2.05) is 0 Å². The van der Waals surface area contributed by atoms with Gasteiger partial charge in [-0.15, -0.1) is 0 Å². The van der Waals surface area contributed by atoms with Crippen LogP contribution in [0.2, 0.25) is 0 Å². The van der Waals surface area contributed by atoms with Gasteiger partial charge in [-0.25, -0.2) is 0 Å². The third-order valence-electron chi connectivity index (χ3n) is 3.50. The number of carboxylic acid groups (broad SMARTS) is 3. The van der Waals surface area contributed by atoms with Crippen molar-refractivity contribution in [3.8, 4) is 0 Å². The molecule has 0 unspecified atom stereocenters. The predicted molar refractivity (Wildman–Crippen MR) is 69.0 cm³/mol. The van der Waals surface area contributed by atoms with Crippen LogP contribution >= 0.6 is 0 Å². The molecule has 0 bridgehead atoms. The number of hydrogen-bond acceptors (Lipinski definition) is 6. The quantitative estimate of drug-likeness (QED) is 0.525. The summed E-state index contributed by atoms with van der Waals surface area (Å²) in [5, 5.41) is 26.8. The van der Waals surface area contributed by atoms with E-state index in [0.717, 1.165) is 0 Å². The summed E-state index contributed by atoms with van der Waals surface area (Å²) in [6.07, 6.45) is -3.01. The van der Waals surface area contributed by atoms with Crippen molar-refractivity contribution in [1.82, 2.24) is 0 Å². The van der Waals surface area contributed by atoms with Crippen molar-refractivity contribution in [1.29, 1.82) is 0 Å². The normalized spacial score (nSPS) is 27.3. The van der Waals surface area contributed by atoms with E-state index in [-0.39, 0.29) is 13.0 Å².